The predicted molar refractivity (Wildman–Crippen MR) is 74.3 cm³/mol. The predicted octanol–water partition coefficient (Wildman–Crippen LogP) is 2.35. The molecule has 0 amide bonds. The van der Waals surface area contributed by atoms with Crippen LogP contribution in [0.25, 0.3) is 0 Å². The number of benzene rings is 1. The first-order chi connectivity index (χ1) is 8.88. The smallest absolute Gasteiger partial charge is 0.241 e. The van der Waals surface area contributed by atoms with Gasteiger partial charge in [-0.15, -0.1) is 0 Å². The van der Waals surface area contributed by atoms with Crippen LogP contribution >= 0.6 is 0 Å². The molecule has 0 radical (unpaired) electrons. The number of hydrogen-bond acceptors (Lipinski definition) is 3. The number of aliphatic hydroxyl groups excluding tert-OH is 1. The van der Waals surface area contributed by atoms with Gasteiger partial charge in [-0.2, -0.15) is 0 Å². The van der Waals surface area contributed by atoms with Gasteiger partial charge in [0.2, 0.25) is 10.0 Å². The molecule has 106 valence electrons. The summed E-state index contributed by atoms with van der Waals surface area (Å²) < 4.78 is 27.4. The average Bonchev–Trinajstić information content (AvgIpc) is 2.34. The van der Waals surface area contributed by atoms with Crippen LogP contribution in [0.2, 0.25) is 0 Å². The van der Waals surface area contributed by atoms with Crippen LogP contribution in [-0.4, -0.2) is 19.1 Å². The largest absolute Gasteiger partial charge is 0.389 e. The van der Waals surface area contributed by atoms with Crippen molar-refractivity contribution < 1.29 is 13.5 Å². The van der Waals surface area contributed by atoms with Crippen LogP contribution in [0.3, 0.4) is 0 Å². The molecule has 0 aliphatic heterocycles. The summed E-state index contributed by atoms with van der Waals surface area (Å²) >= 11 is 0. The molecule has 1 unspecified atom stereocenters. The van der Waals surface area contributed by atoms with E-state index in [9.17, 15) is 13.5 Å². The van der Waals surface area contributed by atoms with Gasteiger partial charge in [-0.05, 0) is 50.3 Å². The maximum absolute atomic E-state index is 12.3. The molecule has 1 aliphatic rings. The molecule has 0 saturated heterocycles. The van der Waals surface area contributed by atoms with E-state index in [4.69, 9.17) is 0 Å². The van der Waals surface area contributed by atoms with Gasteiger partial charge in [0.1, 0.15) is 0 Å². The number of nitrogens with one attached hydrogen (secondary N) is 1. The fourth-order valence-corrected chi connectivity index (χ4v) is 3.93. The lowest BCUT2D eigenvalue weighted by molar-refractivity contribution is 0.199. The van der Waals surface area contributed by atoms with Crippen molar-refractivity contribution in [3.05, 3.63) is 29.8 Å². The molecule has 5 heteroatoms. The van der Waals surface area contributed by atoms with Gasteiger partial charge >= 0.3 is 0 Å². The van der Waals surface area contributed by atoms with Crippen molar-refractivity contribution in [1.82, 2.24) is 4.72 Å². The molecule has 0 bridgehead atoms. The highest BCUT2D eigenvalue weighted by Crippen LogP contribution is 2.36. The molecule has 0 spiro atoms. The summed E-state index contributed by atoms with van der Waals surface area (Å²) in [5.74, 6) is 0. The molecule has 1 aromatic carbocycles. The van der Waals surface area contributed by atoms with Crippen LogP contribution in [0, 0.1) is 0 Å². The van der Waals surface area contributed by atoms with Gasteiger partial charge in [-0.3, -0.25) is 0 Å². The molecule has 2 N–H and O–H groups in total. The first kappa shape index (κ1) is 14.5. The minimum Gasteiger partial charge on any atom is -0.389 e. The molecule has 0 aromatic heterocycles. The normalized spacial score (nSPS) is 19.7. The molecular formula is C14H21NO3S. The molecular weight excluding hydrogens is 262 g/mol. The third kappa shape index (κ3) is 2.99. The van der Waals surface area contributed by atoms with E-state index in [-0.39, 0.29) is 10.4 Å². The fraction of sp³-hybridized carbons (Fsp3) is 0.571. The Morgan fingerprint density at radius 2 is 1.89 bits per heavy atom. The Morgan fingerprint density at radius 1 is 1.32 bits per heavy atom. The molecule has 1 aromatic rings. The lowest BCUT2D eigenvalue weighted by Gasteiger charge is -2.41. The summed E-state index contributed by atoms with van der Waals surface area (Å²) in [5.41, 5.74) is 0.467. The topological polar surface area (TPSA) is 66.4 Å². The first-order valence-corrected chi connectivity index (χ1v) is 8.19. The highest BCUT2D eigenvalue weighted by atomic mass is 32.2. The zero-order valence-corrected chi connectivity index (χ0v) is 12.2. The summed E-state index contributed by atoms with van der Waals surface area (Å²) in [4.78, 5) is 0.261. The van der Waals surface area contributed by atoms with Crippen molar-refractivity contribution in [3.8, 4) is 0 Å². The Balaban J connectivity index is 2.19. The molecule has 1 saturated carbocycles. The maximum Gasteiger partial charge on any atom is 0.241 e. The van der Waals surface area contributed by atoms with E-state index in [1.165, 1.54) is 0 Å². The maximum atomic E-state index is 12.3. The van der Waals surface area contributed by atoms with E-state index >= 15 is 0 Å². The van der Waals surface area contributed by atoms with E-state index in [2.05, 4.69) is 4.72 Å². The van der Waals surface area contributed by atoms with Crippen LogP contribution in [0.5, 0.6) is 0 Å². The lowest BCUT2D eigenvalue weighted by atomic mass is 9.76. The second kappa shape index (κ2) is 5.23. The van der Waals surface area contributed by atoms with Crippen molar-refractivity contribution in [2.24, 2.45) is 0 Å². The Hall–Kier alpha value is -0.910. The Bertz CT molecular complexity index is 525. The lowest BCUT2D eigenvalue weighted by Crippen LogP contribution is -2.52. The van der Waals surface area contributed by atoms with E-state index in [1.807, 2.05) is 6.92 Å². The second-order valence-electron chi connectivity index (χ2n) is 5.34. The standard InChI is InChI=1S/C14H21NO3S/c1-3-14(9-4-10-14)15-19(17,18)13-7-5-12(6-8-13)11(2)16/h5-8,11,15-16H,3-4,9-10H2,1-2H3. The minimum absolute atomic E-state index is 0.248. The summed E-state index contributed by atoms with van der Waals surface area (Å²) in [6.07, 6.45) is 3.14. The quantitative estimate of drug-likeness (QED) is 0.871. The van der Waals surface area contributed by atoms with Gasteiger partial charge < -0.3 is 5.11 Å². The Kier molecular flexibility index (Phi) is 3.99. The molecule has 1 aliphatic carbocycles. The van der Waals surface area contributed by atoms with Crippen LogP contribution in [0.15, 0.2) is 29.2 Å². The van der Waals surface area contributed by atoms with Crippen molar-refractivity contribution in [3.63, 3.8) is 0 Å². The zero-order valence-electron chi connectivity index (χ0n) is 11.4. The zero-order chi connectivity index (χ0) is 14.1. The molecule has 4 nitrogen and oxygen atoms in total. The van der Waals surface area contributed by atoms with Crippen molar-refractivity contribution in [2.75, 3.05) is 0 Å². The van der Waals surface area contributed by atoms with Crippen molar-refractivity contribution >= 4 is 10.0 Å². The number of aliphatic hydroxyl groups is 1. The third-order valence-electron chi connectivity index (χ3n) is 4.01. The fourth-order valence-electron chi connectivity index (χ4n) is 2.40. The van der Waals surface area contributed by atoms with Gasteiger partial charge in [0, 0.05) is 5.54 Å². The Labute approximate surface area is 114 Å². The second-order valence-corrected chi connectivity index (χ2v) is 7.02. The number of hydrogen-bond donors (Lipinski definition) is 2. The van der Waals surface area contributed by atoms with E-state index < -0.39 is 16.1 Å². The van der Waals surface area contributed by atoms with Crippen molar-refractivity contribution in [2.45, 2.75) is 56.1 Å². The molecule has 1 fully saturated rings. The third-order valence-corrected chi connectivity index (χ3v) is 5.61. The van der Waals surface area contributed by atoms with Gasteiger partial charge in [0.15, 0.2) is 0 Å². The average molecular weight is 283 g/mol. The summed E-state index contributed by atoms with van der Waals surface area (Å²) in [5, 5.41) is 9.42. The van der Waals surface area contributed by atoms with Gasteiger partial charge in [0.05, 0.1) is 11.0 Å². The molecule has 19 heavy (non-hydrogen) atoms. The summed E-state index contributed by atoms with van der Waals surface area (Å²) in [6.45, 7) is 3.67. The van der Waals surface area contributed by atoms with E-state index in [0.717, 1.165) is 25.7 Å². The highest BCUT2D eigenvalue weighted by molar-refractivity contribution is 7.89. The van der Waals surface area contributed by atoms with Crippen LogP contribution in [0.1, 0.15) is 51.2 Å². The molecule has 0 heterocycles. The number of rotatable bonds is 5. The van der Waals surface area contributed by atoms with Crippen LogP contribution < -0.4 is 4.72 Å². The first-order valence-electron chi connectivity index (χ1n) is 6.70. The van der Waals surface area contributed by atoms with Gasteiger partial charge in [-0.1, -0.05) is 19.1 Å². The number of sulfonamides is 1. The van der Waals surface area contributed by atoms with Gasteiger partial charge in [-0.25, -0.2) is 13.1 Å². The van der Waals surface area contributed by atoms with E-state index in [0.29, 0.717) is 5.56 Å². The van der Waals surface area contributed by atoms with Crippen LogP contribution in [0.4, 0.5) is 0 Å². The van der Waals surface area contributed by atoms with Gasteiger partial charge in [0.25, 0.3) is 0 Å². The summed E-state index contributed by atoms with van der Waals surface area (Å²) in [6, 6.07) is 6.40. The molecule has 1 atom stereocenters. The highest BCUT2D eigenvalue weighted by Gasteiger charge is 2.38. The Morgan fingerprint density at radius 3 is 2.26 bits per heavy atom. The summed E-state index contributed by atoms with van der Waals surface area (Å²) in [7, 11) is -3.46. The van der Waals surface area contributed by atoms with Crippen LogP contribution in [-0.2, 0) is 10.0 Å². The SMILES string of the molecule is CCC1(NS(=O)(=O)c2ccc(C(C)O)cc2)CCC1. The monoisotopic (exact) mass is 283 g/mol. The van der Waals surface area contributed by atoms with Crippen molar-refractivity contribution in [1.29, 1.82) is 0 Å². The molecule has 2 rings (SSSR count). The minimum atomic E-state index is -3.46. The van der Waals surface area contributed by atoms with E-state index in [1.54, 1.807) is 31.2 Å².